The van der Waals surface area contributed by atoms with Gasteiger partial charge in [0.15, 0.2) is 0 Å². The smallest absolute Gasteiger partial charge is 0.243 e. The lowest BCUT2D eigenvalue weighted by Crippen LogP contribution is -2.39. The van der Waals surface area contributed by atoms with Gasteiger partial charge in [-0.25, -0.2) is 8.42 Å². The van der Waals surface area contributed by atoms with Gasteiger partial charge in [0.2, 0.25) is 21.8 Å². The van der Waals surface area contributed by atoms with E-state index in [0.717, 1.165) is 5.56 Å². The third kappa shape index (κ3) is 3.16. The minimum absolute atomic E-state index is 0.0643. The van der Waals surface area contributed by atoms with E-state index in [4.69, 9.17) is 4.74 Å². The van der Waals surface area contributed by atoms with E-state index in [2.05, 4.69) is 10.6 Å². The van der Waals surface area contributed by atoms with E-state index in [9.17, 15) is 18.0 Å². The number of methoxy groups -OCH3 is 1. The minimum atomic E-state index is -3.78. The van der Waals surface area contributed by atoms with Gasteiger partial charge < -0.3 is 15.4 Å². The fraction of sp³-hybridized carbons (Fsp3) is 0.300. The Bertz CT molecular complexity index is 1100. The highest BCUT2D eigenvalue weighted by Crippen LogP contribution is 2.46. The molecule has 1 atom stereocenters. The van der Waals surface area contributed by atoms with Crippen molar-refractivity contribution in [2.75, 3.05) is 30.8 Å². The van der Waals surface area contributed by atoms with Crippen LogP contribution in [0.25, 0.3) is 0 Å². The van der Waals surface area contributed by atoms with Crippen LogP contribution in [0, 0.1) is 0 Å². The van der Waals surface area contributed by atoms with Crippen molar-refractivity contribution in [2.45, 2.75) is 23.7 Å². The van der Waals surface area contributed by atoms with Crippen LogP contribution in [0.15, 0.2) is 47.4 Å². The van der Waals surface area contributed by atoms with E-state index >= 15 is 0 Å². The maximum atomic E-state index is 13.1. The molecule has 2 aromatic carbocycles. The zero-order valence-corrected chi connectivity index (χ0v) is 16.9. The number of nitrogens with zero attached hydrogens (tertiary/aromatic N) is 1. The fourth-order valence-electron chi connectivity index (χ4n) is 3.97. The first-order chi connectivity index (χ1) is 13.8. The van der Waals surface area contributed by atoms with Crippen LogP contribution in [-0.4, -0.2) is 44.7 Å². The van der Waals surface area contributed by atoms with Crippen LogP contribution >= 0.6 is 0 Å². The SMILES string of the molecule is COc1ccc2c(c1)C1(CCN(S(=O)(=O)c3ccc(NC(C)=O)cc3)C1)C(=O)N2. The largest absolute Gasteiger partial charge is 0.497 e. The monoisotopic (exact) mass is 415 g/mol. The predicted molar refractivity (Wildman–Crippen MR) is 107 cm³/mol. The number of benzene rings is 2. The maximum Gasteiger partial charge on any atom is 0.243 e. The lowest BCUT2D eigenvalue weighted by molar-refractivity contribution is -0.120. The lowest BCUT2D eigenvalue weighted by atomic mass is 9.81. The first kappa shape index (κ1) is 19.4. The summed E-state index contributed by atoms with van der Waals surface area (Å²) in [5, 5.41) is 5.47. The molecule has 1 saturated heterocycles. The molecular formula is C20H21N3O5S. The molecule has 2 aliphatic rings. The van der Waals surface area contributed by atoms with Gasteiger partial charge in [-0.1, -0.05) is 0 Å². The second-order valence-electron chi connectivity index (χ2n) is 7.24. The van der Waals surface area contributed by atoms with Gasteiger partial charge in [-0.3, -0.25) is 9.59 Å². The number of carbonyl (C=O) groups excluding carboxylic acids is 2. The molecule has 2 heterocycles. The number of sulfonamides is 1. The molecule has 1 unspecified atom stereocenters. The van der Waals surface area contributed by atoms with E-state index in [1.165, 1.54) is 23.4 Å². The number of hydrogen-bond acceptors (Lipinski definition) is 5. The number of nitrogens with one attached hydrogen (secondary N) is 2. The van der Waals surface area contributed by atoms with Crippen molar-refractivity contribution < 1.29 is 22.7 Å². The molecule has 152 valence electrons. The van der Waals surface area contributed by atoms with Crippen molar-refractivity contribution in [3.63, 3.8) is 0 Å². The minimum Gasteiger partial charge on any atom is -0.497 e. The normalized spacial score (nSPS) is 21.1. The molecule has 29 heavy (non-hydrogen) atoms. The third-order valence-corrected chi connectivity index (χ3v) is 7.33. The van der Waals surface area contributed by atoms with Crippen molar-refractivity contribution >= 4 is 33.2 Å². The van der Waals surface area contributed by atoms with Gasteiger partial charge in [0.1, 0.15) is 5.75 Å². The number of rotatable bonds is 4. The molecule has 8 nitrogen and oxygen atoms in total. The van der Waals surface area contributed by atoms with Gasteiger partial charge in [0, 0.05) is 31.4 Å². The number of ether oxygens (including phenoxy) is 1. The second kappa shape index (κ2) is 6.85. The highest BCUT2D eigenvalue weighted by Gasteiger charge is 2.53. The Morgan fingerprint density at radius 1 is 1.21 bits per heavy atom. The average Bonchev–Trinajstić information content (AvgIpc) is 3.25. The molecule has 0 bridgehead atoms. The molecule has 1 fully saturated rings. The molecule has 0 radical (unpaired) electrons. The summed E-state index contributed by atoms with van der Waals surface area (Å²) < 4.78 is 32.9. The van der Waals surface area contributed by atoms with Crippen LogP contribution in [0.1, 0.15) is 18.9 Å². The molecule has 2 aromatic rings. The number of amides is 2. The van der Waals surface area contributed by atoms with Crippen LogP contribution in [-0.2, 0) is 25.0 Å². The molecule has 2 N–H and O–H groups in total. The summed E-state index contributed by atoms with van der Waals surface area (Å²) in [5.74, 6) is 0.192. The summed E-state index contributed by atoms with van der Waals surface area (Å²) >= 11 is 0. The third-order valence-electron chi connectivity index (χ3n) is 5.47. The number of hydrogen-bond donors (Lipinski definition) is 2. The molecule has 0 saturated carbocycles. The molecule has 2 aliphatic heterocycles. The van der Waals surface area contributed by atoms with Gasteiger partial charge in [-0.05, 0) is 54.4 Å². The van der Waals surface area contributed by atoms with E-state index in [1.807, 2.05) is 0 Å². The quantitative estimate of drug-likeness (QED) is 0.794. The summed E-state index contributed by atoms with van der Waals surface area (Å²) in [7, 11) is -2.23. The Morgan fingerprint density at radius 3 is 2.59 bits per heavy atom. The predicted octanol–water partition coefficient (Wildman–Crippen LogP) is 1.94. The van der Waals surface area contributed by atoms with Crippen molar-refractivity contribution in [3.8, 4) is 5.75 Å². The first-order valence-corrected chi connectivity index (χ1v) is 10.6. The van der Waals surface area contributed by atoms with Crippen LogP contribution in [0.5, 0.6) is 5.75 Å². The maximum absolute atomic E-state index is 13.1. The topological polar surface area (TPSA) is 105 Å². The summed E-state index contributed by atoms with van der Waals surface area (Å²) in [6.07, 6.45) is 0.391. The van der Waals surface area contributed by atoms with Crippen molar-refractivity contribution in [2.24, 2.45) is 0 Å². The first-order valence-electron chi connectivity index (χ1n) is 9.14. The van der Waals surface area contributed by atoms with Crippen LogP contribution in [0.4, 0.5) is 11.4 Å². The standard InChI is InChI=1S/C20H21N3O5S/c1-13(24)21-14-3-6-16(7-4-14)29(26,27)23-10-9-20(12-23)17-11-15(28-2)5-8-18(17)22-19(20)25/h3-8,11H,9-10,12H2,1-2H3,(H,21,24)(H,22,25). The zero-order chi connectivity index (χ0) is 20.8. The molecule has 4 rings (SSSR count). The Balaban J connectivity index is 1.63. The molecule has 1 spiro atoms. The molecular weight excluding hydrogens is 394 g/mol. The summed E-state index contributed by atoms with van der Waals surface area (Å²) in [4.78, 5) is 24.1. The summed E-state index contributed by atoms with van der Waals surface area (Å²) in [5.41, 5.74) is 1.05. The van der Waals surface area contributed by atoms with E-state index in [1.54, 1.807) is 37.4 Å². The van der Waals surface area contributed by atoms with Crippen molar-refractivity contribution in [3.05, 3.63) is 48.0 Å². The van der Waals surface area contributed by atoms with Crippen LogP contribution in [0.2, 0.25) is 0 Å². The van der Waals surface area contributed by atoms with E-state index < -0.39 is 15.4 Å². The summed E-state index contributed by atoms with van der Waals surface area (Å²) in [6.45, 7) is 1.68. The van der Waals surface area contributed by atoms with Gasteiger partial charge in [0.25, 0.3) is 0 Å². The van der Waals surface area contributed by atoms with Crippen LogP contribution < -0.4 is 15.4 Å². The summed E-state index contributed by atoms with van der Waals surface area (Å²) in [6, 6.07) is 11.3. The Labute approximate surface area is 168 Å². The molecule has 0 aromatic heterocycles. The Morgan fingerprint density at radius 2 is 1.93 bits per heavy atom. The molecule has 9 heteroatoms. The molecule has 0 aliphatic carbocycles. The van der Waals surface area contributed by atoms with Crippen molar-refractivity contribution in [1.29, 1.82) is 0 Å². The highest BCUT2D eigenvalue weighted by molar-refractivity contribution is 7.89. The zero-order valence-electron chi connectivity index (χ0n) is 16.1. The van der Waals surface area contributed by atoms with E-state index in [0.29, 0.717) is 23.5 Å². The fourth-order valence-corrected chi connectivity index (χ4v) is 5.47. The Kier molecular flexibility index (Phi) is 4.59. The van der Waals surface area contributed by atoms with Gasteiger partial charge in [0.05, 0.1) is 17.4 Å². The van der Waals surface area contributed by atoms with Gasteiger partial charge >= 0.3 is 0 Å². The van der Waals surface area contributed by atoms with Crippen LogP contribution in [0.3, 0.4) is 0 Å². The number of carbonyl (C=O) groups is 2. The average molecular weight is 415 g/mol. The van der Waals surface area contributed by atoms with E-state index in [-0.39, 0.29) is 29.8 Å². The highest BCUT2D eigenvalue weighted by atomic mass is 32.2. The van der Waals surface area contributed by atoms with Gasteiger partial charge in [-0.2, -0.15) is 4.31 Å². The molecule has 2 amide bonds. The number of fused-ring (bicyclic) bond motifs is 2. The number of anilines is 2. The van der Waals surface area contributed by atoms with Crippen molar-refractivity contribution in [1.82, 2.24) is 4.31 Å². The lowest BCUT2D eigenvalue weighted by Gasteiger charge is -2.23. The van der Waals surface area contributed by atoms with Gasteiger partial charge in [-0.15, -0.1) is 0 Å². The second-order valence-corrected chi connectivity index (χ2v) is 9.18. The Hall–Kier alpha value is -2.91.